The molecule has 2 saturated heterocycles. The molecule has 2 amide bonds. The van der Waals surface area contributed by atoms with E-state index in [-0.39, 0.29) is 37.2 Å². The number of hydrogen-bond acceptors (Lipinski definition) is 5. The van der Waals surface area contributed by atoms with Gasteiger partial charge in [-0.05, 0) is 29.3 Å². The highest BCUT2D eigenvalue weighted by molar-refractivity contribution is 7.07. The molecule has 1 aromatic heterocycles. The lowest BCUT2D eigenvalue weighted by atomic mass is 10.1. The highest BCUT2D eigenvalue weighted by Crippen LogP contribution is 2.26. The molecule has 0 N–H and O–H groups in total. The van der Waals surface area contributed by atoms with Gasteiger partial charge >= 0.3 is 0 Å². The number of amides is 2. The van der Waals surface area contributed by atoms with Crippen LogP contribution >= 0.6 is 11.3 Å². The second-order valence-corrected chi connectivity index (χ2v) is 6.44. The van der Waals surface area contributed by atoms with Crippen molar-refractivity contribution in [3.63, 3.8) is 0 Å². The summed E-state index contributed by atoms with van der Waals surface area (Å²) < 4.78 is 11.0. The number of carbonyl (C=O) groups excluding carboxylic acids is 2. The molecule has 2 fully saturated rings. The van der Waals surface area contributed by atoms with Crippen LogP contribution in [-0.2, 0) is 19.1 Å². The van der Waals surface area contributed by atoms with Gasteiger partial charge < -0.3 is 19.3 Å². The second-order valence-electron chi connectivity index (χ2n) is 5.66. The minimum atomic E-state index is -0.115. The van der Waals surface area contributed by atoms with Crippen molar-refractivity contribution < 1.29 is 19.1 Å². The normalized spacial score (nSPS) is 26.3. The van der Waals surface area contributed by atoms with Crippen LogP contribution < -0.4 is 0 Å². The first-order chi connectivity index (χ1) is 10.6. The predicted molar refractivity (Wildman–Crippen MR) is 81.6 cm³/mol. The second kappa shape index (κ2) is 6.76. The third-order valence-electron chi connectivity index (χ3n) is 3.94. The van der Waals surface area contributed by atoms with Crippen LogP contribution in [0.25, 0.3) is 0 Å². The van der Waals surface area contributed by atoms with Crippen molar-refractivity contribution in [2.24, 2.45) is 0 Å². The molecule has 2 aliphatic heterocycles. The Labute approximate surface area is 133 Å². The molecule has 22 heavy (non-hydrogen) atoms. The minimum Gasteiger partial charge on any atom is -0.370 e. The first kappa shape index (κ1) is 15.5. The van der Waals surface area contributed by atoms with E-state index in [1.807, 2.05) is 18.4 Å². The maximum absolute atomic E-state index is 12.5. The van der Waals surface area contributed by atoms with Crippen molar-refractivity contribution >= 4 is 23.2 Å². The van der Waals surface area contributed by atoms with E-state index in [1.165, 1.54) is 0 Å². The third kappa shape index (κ3) is 3.48. The quantitative estimate of drug-likeness (QED) is 0.829. The monoisotopic (exact) mass is 324 g/mol. The summed E-state index contributed by atoms with van der Waals surface area (Å²) in [6, 6.07) is 2.03. The van der Waals surface area contributed by atoms with Crippen molar-refractivity contribution in [1.29, 1.82) is 0 Å². The maximum atomic E-state index is 12.5. The van der Waals surface area contributed by atoms with E-state index in [4.69, 9.17) is 9.47 Å². The van der Waals surface area contributed by atoms with Gasteiger partial charge in [0.15, 0.2) is 0 Å². The largest absolute Gasteiger partial charge is 0.370 e. The summed E-state index contributed by atoms with van der Waals surface area (Å²) in [6.07, 6.45) is -0.0951. The number of thiophene rings is 1. The maximum Gasteiger partial charge on any atom is 0.249 e. The average molecular weight is 324 g/mol. The van der Waals surface area contributed by atoms with Crippen molar-refractivity contribution in [3.8, 4) is 0 Å². The zero-order chi connectivity index (χ0) is 15.5. The summed E-state index contributed by atoms with van der Waals surface area (Å²) in [5.41, 5.74) is 1.11. The van der Waals surface area contributed by atoms with Crippen molar-refractivity contribution in [2.75, 3.05) is 39.4 Å². The SMILES string of the molecule is C[C@H]1CN(C(=O)CN2CCOCC2=O)C[C@@H](c2ccsc2)O1. The number of hydrogen-bond donors (Lipinski definition) is 0. The van der Waals surface area contributed by atoms with E-state index in [2.05, 4.69) is 5.38 Å². The fraction of sp³-hybridized carbons (Fsp3) is 0.600. The average Bonchev–Trinajstić information content (AvgIpc) is 3.03. The van der Waals surface area contributed by atoms with E-state index in [9.17, 15) is 9.59 Å². The van der Waals surface area contributed by atoms with Crippen molar-refractivity contribution in [2.45, 2.75) is 19.1 Å². The number of ether oxygens (including phenoxy) is 2. The van der Waals surface area contributed by atoms with Gasteiger partial charge in [-0.1, -0.05) is 0 Å². The van der Waals surface area contributed by atoms with Crippen molar-refractivity contribution in [3.05, 3.63) is 22.4 Å². The molecule has 2 aliphatic rings. The lowest BCUT2D eigenvalue weighted by Gasteiger charge is -2.38. The van der Waals surface area contributed by atoms with Gasteiger partial charge in [0, 0.05) is 13.1 Å². The lowest BCUT2D eigenvalue weighted by Crippen LogP contribution is -2.52. The highest BCUT2D eigenvalue weighted by Gasteiger charge is 2.31. The Morgan fingerprint density at radius 3 is 3.05 bits per heavy atom. The summed E-state index contributed by atoms with van der Waals surface area (Å²) in [7, 11) is 0. The van der Waals surface area contributed by atoms with Gasteiger partial charge in [0.2, 0.25) is 11.8 Å². The van der Waals surface area contributed by atoms with Gasteiger partial charge in [-0.15, -0.1) is 0 Å². The molecular formula is C15H20N2O4S. The van der Waals surface area contributed by atoms with Crippen molar-refractivity contribution in [1.82, 2.24) is 9.80 Å². The molecule has 7 heteroatoms. The Morgan fingerprint density at radius 2 is 2.32 bits per heavy atom. The van der Waals surface area contributed by atoms with Crippen LogP contribution in [0.15, 0.2) is 16.8 Å². The first-order valence-electron chi connectivity index (χ1n) is 7.44. The van der Waals surface area contributed by atoms with Crippen LogP contribution in [0.2, 0.25) is 0 Å². The van der Waals surface area contributed by atoms with Crippen LogP contribution in [0.5, 0.6) is 0 Å². The molecule has 2 atom stereocenters. The molecule has 0 saturated carbocycles. The number of nitrogens with zero attached hydrogens (tertiary/aromatic N) is 2. The molecule has 0 aromatic carbocycles. The van der Waals surface area contributed by atoms with Gasteiger partial charge in [0.05, 0.1) is 25.8 Å². The summed E-state index contributed by atoms with van der Waals surface area (Å²) in [5.74, 6) is -0.138. The Balaban J connectivity index is 1.62. The molecule has 0 unspecified atom stereocenters. The predicted octanol–water partition coefficient (Wildman–Crippen LogP) is 0.895. The molecule has 3 rings (SSSR count). The molecule has 0 radical (unpaired) electrons. The molecule has 0 bridgehead atoms. The van der Waals surface area contributed by atoms with Gasteiger partial charge in [-0.2, -0.15) is 11.3 Å². The third-order valence-corrected chi connectivity index (χ3v) is 4.64. The Kier molecular flexibility index (Phi) is 4.75. The van der Waals surface area contributed by atoms with Gasteiger partial charge in [0.25, 0.3) is 0 Å². The summed E-state index contributed by atoms with van der Waals surface area (Å²) >= 11 is 1.62. The summed E-state index contributed by atoms with van der Waals surface area (Å²) in [6.45, 7) is 4.26. The molecule has 3 heterocycles. The van der Waals surface area contributed by atoms with Crippen LogP contribution in [0, 0.1) is 0 Å². The highest BCUT2D eigenvalue weighted by atomic mass is 32.1. The molecule has 120 valence electrons. The Hall–Kier alpha value is -1.44. The first-order valence-corrected chi connectivity index (χ1v) is 8.38. The number of rotatable bonds is 3. The van der Waals surface area contributed by atoms with E-state index < -0.39 is 0 Å². The summed E-state index contributed by atoms with van der Waals surface area (Å²) in [5, 5.41) is 4.06. The van der Waals surface area contributed by atoms with E-state index in [1.54, 1.807) is 21.1 Å². The fourth-order valence-electron chi connectivity index (χ4n) is 2.78. The van der Waals surface area contributed by atoms with E-state index in [0.29, 0.717) is 26.2 Å². The van der Waals surface area contributed by atoms with Gasteiger partial charge in [-0.25, -0.2) is 0 Å². The van der Waals surface area contributed by atoms with Crippen LogP contribution in [0.1, 0.15) is 18.6 Å². The molecule has 6 nitrogen and oxygen atoms in total. The standard InChI is InChI=1S/C15H20N2O4S/c1-11-6-17(7-13(21-11)12-2-5-22-10-12)14(18)8-16-3-4-20-9-15(16)19/h2,5,10-11,13H,3-4,6-9H2,1H3/t11-,13-/m0/s1. The zero-order valence-electron chi connectivity index (χ0n) is 12.6. The van der Waals surface area contributed by atoms with Gasteiger partial charge in [0.1, 0.15) is 12.7 Å². The topological polar surface area (TPSA) is 59.1 Å². The van der Waals surface area contributed by atoms with Crippen LogP contribution in [0.4, 0.5) is 0 Å². The van der Waals surface area contributed by atoms with Crippen LogP contribution in [0.3, 0.4) is 0 Å². The molecular weight excluding hydrogens is 304 g/mol. The van der Waals surface area contributed by atoms with Gasteiger partial charge in [-0.3, -0.25) is 9.59 Å². The molecule has 1 aromatic rings. The number of carbonyl (C=O) groups is 2. The Bertz CT molecular complexity index is 534. The Morgan fingerprint density at radius 1 is 1.45 bits per heavy atom. The van der Waals surface area contributed by atoms with E-state index >= 15 is 0 Å². The smallest absolute Gasteiger partial charge is 0.249 e. The lowest BCUT2D eigenvalue weighted by molar-refractivity contribution is -0.154. The van der Waals surface area contributed by atoms with E-state index in [0.717, 1.165) is 5.56 Å². The molecule has 0 spiro atoms. The molecule has 0 aliphatic carbocycles. The fourth-order valence-corrected chi connectivity index (χ4v) is 3.48. The number of morpholine rings is 2. The summed E-state index contributed by atoms with van der Waals surface area (Å²) in [4.78, 5) is 27.6. The van der Waals surface area contributed by atoms with Crippen LogP contribution in [-0.4, -0.2) is 67.1 Å². The minimum absolute atomic E-state index is 0.0111. The zero-order valence-corrected chi connectivity index (χ0v) is 13.4.